The van der Waals surface area contributed by atoms with Crippen molar-refractivity contribution in [3.8, 4) is 11.5 Å². The normalized spacial score (nSPS) is 13.9. The zero-order valence-electron chi connectivity index (χ0n) is 17.5. The number of ether oxygens (including phenoxy) is 2. The highest BCUT2D eigenvalue weighted by Crippen LogP contribution is 2.35. The highest BCUT2D eigenvalue weighted by atomic mass is 16.5. The van der Waals surface area contributed by atoms with Gasteiger partial charge in [-0.3, -0.25) is 9.59 Å². The minimum absolute atomic E-state index is 0.139. The third-order valence-electron chi connectivity index (χ3n) is 5.07. The van der Waals surface area contributed by atoms with E-state index in [1.807, 2.05) is 4.90 Å². The van der Waals surface area contributed by atoms with Crippen molar-refractivity contribution in [1.29, 1.82) is 0 Å². The molecule has 0 unspecified atom stereocenters. The number of methoxy groups -OCH3 is 2. The van der Waals surface area contributed by atoms with Crippen molar-refractivity contribution in [1.82, 2.24) is 14.9 Å². The van der Waals surface area contributed by atoms with Crippen LogP contribution in [0, 0.1) is 0 Å². The zero-order valence-corrected chi connectivity index (χ0v) is 17.5. The van der Waals surface area contributed by atoms with E-state index in [-0.39, 0.29) is 11.8 Å². The predicted octanol–water partition coefficient (Wildman–Crippen LogP) is 2.16. The second-order valence-corrected chi connectivity index (χ2v) is 7.03. The van der Waals surface area contributed by atoms with Gasteiger partial charge >= 0.3 is 0 Å². The molecule has 1 fully saturated rings. The number of amides is 2. The summed E-state index contributed by atoms with van der Waals surface area (Å²) < 4.78 is 16.0. The monoisotopic (exact) mass is 425 g/mol. The van der Waals surface area contributed by atoms with Crippen LogP contribution in [0.4, 0.5) is 11.8 Å². The zero-order chi connectivity index (χ0) is 22.0. The molecule has 1 saturated heterocycles. The Balaban J connectivity index is 1.63. The van der Waals surface area contributed by atoms with Gasteiger partial charge in [0.15, 0.2) is 17.3 Å². The second-order valence-electron chi connectivity index (χ2n) is 7.03. The molecule has 0 spiro atoms. The first-order chi connectivity index (χ1) is 15.0. The minimum atomic E-state index is -0.241. The largest absolute Gasteiger partial charge is 0.493 e. The molecule has 0 saturated carbocycles. The lowest BCUT2D eigenvalue weighted by atomic mass is 10.2. The van der Waals surface area contributed by atoms with Crippen LogP contribution < -0.4 is 19.7 Å². The van der Waals surface area contributed by atoms with Crippen LogP contribution in [0.3, 0.4) is 0 Å². The van der Waals surface area contributed by atoms with Gasteiger partial charge in [-0.2, -0.15) is 4.98 Å². The number of hydrogen-bond acceptors (Lipinski definition) is 8. The summed E-state index contributed by atoms with van der Waals surface area (Å²) in [6, 6.07) is 6.84. The van der Waals surface area contributed by atoms with Crippen molar-refractivity contribution < 1.29 is 23.5 Å². The summed E-state index contributed by atoms with van der Waals surface area (Å²) in [6.45, 7) is 3.52. The first kappa shape index (κ1) is 20.5. The number of benzene rings is 1. The quantitative estimate of drug-likeness (QED) is 0.662. The number of piperazine rings is 1. The number of hydrogen-bond donors (Lipinski definition) is 1. The number of fused-ring (bicyclic) bond motifs is 1. The molecule has 0 atom stereocenters. The van der Waals surface area contributed by atoms with E-state index >= 15 is 0 Å². The van der Waals surface area contributed by atoms with E-state index < -0.39 is 0 Å². The van der Waals surface area contributed by atoms with Gasteiger partial charge in [0.25, 0.3) is 5.91 Å². The lowest BCUT2D eigenvalue weighted by molar-refractivity contribution is -0.114. The molecule has 1 N–H and O–H groups in total. The van der Waals surface area contributed by atoms with E-state index in [2.05, 4.69) is 15.3 Å². The van der Waals surface area contributed by atoms with Gasteiger partial charge in [0.05, 0.1) is 26.0 Å². The van der Waals surface area contributed by atoms with Crippen LogP contribution in [0.15, 0.2) is 34.9 Å². The molecule has 31 heavy (non-hydrogen) atoms. The van der Waals surface area contributed by atoms with Crippen molar-refractivity contribution in [3.05, 3.63) is 36.3 Å². The number of furan rings is 1. The van der Waals surface area contributed by atoms with Crippen LogP contribution in [-0.2, 0) is 4.79 Å². The van der Waals surface area contributed by atoms with Crippen molar-refractivity contribution in [3.63, 3.8) is 0 Å². The average molecular weight is 425 g/mol. The number of anilines is 2. The van der Waals surface area contributed by atoms with Crippen molar-refractivity contribution in [2.45, 2.75) is 6.92 Å². The number of nitrogens with one attached hydrogen (secondary N) is 1. The highest BCUT2D eigenvalue weighted by Gasteiger charge is 2.26. The van der Waals surface area contributed by atoms with E-state index in [0.29, 0.717) is 66.1 Å². The van der Waals surface area contributed by atoms with E-state index in [9.17, 15) is 9.59 Å². The summed E-state index contributed by atoms with van der Waals surface area (Å²) in [5, 5.41) is 3.41. The molecular weight excluding hydrogens is 402 g/mol. The van der Waals surface area contributed by atoms with E-state index in [4.69, 9.17) is 13.9 Å². The Labute approximate surface area is 178 Å². The Hall–Kier alpha value is -3.82. The molecule has 0 radical (unpaired) electrons. The molecule has 4 rings (SSSR count). The number of carbonyl (C=O) groups excluding carboxylic acids is 2. The molecule has 0 aliphatic carbocycles. The second kappa shape index (κ2) is 8.50. The third kappa shape index (κ3) is 4.09. The fourth-order valence-electron chi connectivity index (χ4n) is 3.51. The Kier molecular flexibility index (Phi) is 5.61. The van der Waals surface area contributed by atoms with Gasteiger partial charge in [-0.25, -0.2) is 4.98 Å². The van der Waals surface area contributed by atoms with E-state index in [1.54, 1.807) is 43.4 Å². The van der Waals surface area contributed by atoms with Crippen LogP contribution in [0.5, 0.6) is 11.5 Å². The van der Waals surface area contributed by atoms with Gasteiger partial charge in [-0.15, -0.1) is 0 Å². The standard InChI is InChI=1S/C21H23N5O5/c1-13(27)22-19-14-11-17(29-2)18(30-3)12-15(14)23-21(24-19)26-8-6-25(7-9-26)20(28)16-5-4-10-31-16/h4-5,10-12H,6-9H2,1-3H3,(H,22,23,24,27). The Morgan fingerprint density at radius 3 is 2.39 bits per heavy atom. The first-order valence-electron chi connectivity index (χ1n) is 9.79. The number of carbonyl (C=O) groups is 2. The predicted molar refractivity (Wildman–Crippen MR) is 114 cm³/mol. The van der Waals surface area contributed by atoms with Crippen molar-refractivity contribution in [2.24, 2.45) is 0 Å². The van der Waals surface area contributed by atoms with Crippen LogP contribution in [0.25, 0.3) is 10.9 Å². The summed E-state index contributed by atoms with van der Waals surface area (Å²) in [5.74, 6) is 1.85. The molecule has 10 heteroatoms. The van der Waals surface area contributed by atoms with Crippen LogP contribution in [0.2, 0.25) is 0 Å². The lowest BCUT2D eigenvalue weighted by Gasteiger charge is -2.34. The molecule has 2 amide bonds. The molecule has 2 aromatic heterocycles. The van der Waals surface area contributed by atoms with Crippen molar-refractivity contribution >= 4 is 34.5 Å². The topological polar surface area (TPSA) is 110 Å². The molecule has 0 bridgehead atoms. The molecular formula is C21H23N5O5. The maximum absolute atomic E-state index is 12.5. The van der Waals surface area contributed by atoms with E-state index in [1.165, 1.54) is 13.2 Å². The van der Waals surface area contributed by atoms with Gasteiger partial charge < -0.3 is 29.0 Å². The van der Waals surface area contributed by atoms with Crippen molar-refractivity contribution in [2.75, 3.05) is 50.6 Å². The summed E-state index contributed by atoms with van der Waals surface area (Å²) in [5.41, 5.74) is 0.612. The average Bonchev–Trinajstić information content (AvgIpc) is 3.32. The van der Waals surface area contributed by atoms with Gasteiger partial charge in [0.2, 0.25) is 11.9 Å². The molecule has 1 aliphatic heterocycles. The minimum Gasteiger partial charge on any atom is -0.493 e. The summed E-state index contributed by atoms with van der Waals surface area (Å²) in [7, 11) is 3.09. The first-order valence-corrected chi connectivity index (χ1v) is 9.79. The Bertz CT molecular complexity index is 1110. The molecule has 1 aromatic carbocycles. The van der Waals surface area contributed by atoms with Crippen LogP contribution in [0.1, 0.15) is 17.5 Å². The summed E-state index contributed by atoms with van der Waals surface area (Å²) in [4.78, 5) is 37.2. The molecule has 3 heterocycles. The maximum Gasteiger partial charge on any atom is 0.289 e. The molecule has 162 valence electrons. The highest BCUT2D eigenvalue weighted by molar-refractivity contribution is 6.00. The SMILES string of the molecule is COc1cc2nc(N3CCN(C(=O)c4ccco4)CC3)nc(NC(C)=O)c2cc1OC. The van der Waals surface area contributed by atoms with Crippen LogP contribution in [-0.4, -0.2) is 67.1 Å². The Morgan fingerprint density at radius 1 is 1.06 bits per heavy atom. The van der Waals surface area contributed by atoms with Crippen LogP contribution >= 0.6 is 0 Å². The van der Waals surface area contributed by atoms with Gasteiger partial charge in [0, 0.05) is 44.6 Å². The summed E-state index contributed by atoms with van der Waals surface area (Å²) in [6.07, 6.45) is 1.49. The third-order valence-corrected chi connectivity index (χ3v) is 5.07. The molecule has 1 aliphatic rings. The fraction of sp³-hybridized carbons (Fsp3) is 0.333. The molecule has 10 nitrogen and oxygen atoms in total. The van der Waals surface area contributed by atoms with E-state index in [0.717, 1.165) is 0 Å². The number of nitrogens with zero attached hydrogens (tertiary/aromatic N) is 4. The number of aromatic nitrogens is 2. The fourth-order valence-corrected chi connectivity index (χ4v) is 3.51. The lowest BCUT2D eigenvalue weighted by Crippen LogP contribution is -2.49. The Morgan fingerprint density at radius 2 is 1.77 bits per heavy atom. The smallest absolute Gasteiger partial charge is 0.289 e. The molecule has 3 aromatic rings. The maximum atomic E-state index is 12.5. The summed E-state index contributed by atoms with van der Waals surface area (Å²) >= 11 is 0. The van der Waals surface area contributed by atoms with Gasteiger partial charge in [0.1, 0.15) is 5.82 Å². The number of rotatable bonds is 5. The van der Waals surface area contributed by atoms with Gasteiger partial charge in [-0.1, -0.05) is 0 Å². The van der Waals surface area contributed by atoms with Gasteiger partial charge in [-0.05, 0) is 18.2 Å².